The van der Waals surface area contributed by atoms with Crippen LogP contribution < -0.4 is 20.9 Å². The van der Waals surface area contributed by atoms with E-state index >= 15 is 0 Å². The summed E-state index contributed by atoms with van der Waals surface area (Å²) in [6.07, 6.45) is 1.54. The van der Waals surface area contributed by atoms with Gasteiger partial charge >= 0.3 is 0 Å². The first-order valence-electron chi connectivity index (χ1n) is 11.0. The second-order valence-electron chi connectivity index (χ2n) is 8.16. The average Bonchev–Trinajstić information content (AvgIpc) is 3.44. The molecule has 1 atom stereocenters. The van der Waals surface area contributed by atoms with Crippen molar-refractivity contribution in [3.8, 4) is 11.4 Å². The highest BCUT2D eigenvalue weighted by atomic mass is 35.5. The van der Waals surface area contributed by atoms with Gasteiger partial charge in [0.2, 0.25) is 11.8 Å². The monoisotopic (exact) mass is 524 g/mol. The summed E-state index contributed by atoms with van der Waals surface area (Å²) in [5.41, 5.74) is 1.83. The molecule has 184 valence electrons. The number of thioether (sulfide) groups is 1. The largest absolute Gasteiger partial charge is 0.495 e. The number of nitrogens with one attached hydrogen (secondary N) is 2. The number of fused-ring (bicyclic) bond motifs is 2. The molecule has 0 bridgehead atoms. The molecule has 3 heterocycles. The number of nitrogens with zero attached hydrogens (tertiary/aromatic N) is 4. The molecule has 10 nitrogen and oxygen atoms in total. The van der Waals surface area contributed by atoms with E-state index in [0.29, 0.717) is 49.8 Å². The molecule has 1 unspecified atom stereocenters. The van der Waals surface area contributed by atoms with Crippen LogP contribution in [0.2, 0.25) is 5.02 Å². The molecular formula is C24H21ClN6O4S. The van der Waals surface area contributed by atoms with E-state index in [-0.39, 0.29) is 29.8 Å². The zero-order valence-corrected chi connectivity index (χ0v) is 20.9. The number of hydrogen-bond acceptors (Lipinski definition) is 7. The van der Waals surface area contributed by atoms with Crippen LogP contribution in [-0.4, -0.2) is 44.0 Å². The highest BCUT2D eigenvalue weighted by Gasteiger charge is 2.30. The number of aromatic nitrogens is 4. The van der Waals surface area contributed by atoms with Gasteiger partial charge < -0.3 is 15.4 Å². The minimum absolute atomic E-state index is 0.0586. The lowest BCUT2D eigenvalue weighted by Crippen LogP contribution is -2.27. The smallest absolute Gasteiger partial charge is 0.265 e. The normalized spacial score (nSPS) is 14.5. The van der Waals surface area contributed by atoms with Crippen molar-refractivity contribution in [2.75, 3.05) is 23.5 Å². The van der Waals surface area contributed by atoms with Crippen LogP contribution in [0.4, 0.5) is 11.4 Å². The molecule has 1 aliphatic heterocycles. The number of benzene rings is 2. The summed E-state index contributed by atoms with van der Waals surface area (Å²) in [5, 5.41) is 11.3. The van der Waals surface area contributed by atoms with Gasteiger partial charge in [-0.25, -0.2) is 9.67 Å². The summed E-state index contributed by atoms with van der Waals surface area (Å²) in [7, 11) is 1.49. The summed E-state index contributed by atoms with van der Waals surface area (Å²) in [6.45, 7) is 1.40. The molecule has 0 saturated carbocycles. The molecule has 2 aromatic carbocycles. The Bertz CT molecular complexity index is 1570. The number of methoxy groups -OCH3 is 1. The number of carbonyl (C=O) groups is 2. The Hall–Kier alpha value is -3.83. The average molecular weight is 525 g/mol. The van der Waals surface area contributed by atoms with Crippen LogP contribution in [0.3, 0.4) is 0 Å². The van der Waals surface area contributed by atoms with Crippen LogP contribution >= 0.6 is 23.4 Å². The summed E-state index contributed by atoms with van der Waals surface area (Å²) >= 11 is 7.53. The van der Waals surface area contributed by atoms with Crippen molar-refractivity contribution in [2.24, 2.45) is 0 Å². The second-order valence-corrected chi connectivity index (χ2v) is 9.58. The maximum absolute atomic E-state index is 13.4. The fourth-order valence-electron chi connectivity index (χ4n) is 4.08. The zero-order valence-electron chi connectivity index (χ0n) is 19.3. The first-order valence-corrected chi connectivity index (χ1v) is 12.3. The third-order valence-corrected chi connectivity index (χ3v) is 6.97. The molecule has 2 N–H and O–H groups in total. The SMILES string of the molecule is COc1ccc(NC(C)=O)cc1NC(=O)CC1CSc2nc3c(cnn3-c3cccc(Cl)c3)c(=O)n21. The maximum Gasteiger partial charge on any atom is 0.265 e. The second kappa shape index (κ2) is 9.67. The van der Waals surface area contributed by atoms with Crippen molar-refractivity contribution < 1.29 is 14.3 Å². The van der Waals surface area contributed by atoms with Crippen LogP contribution in [0.25, 0.3) is 16.7 Å². The number of ether oxygens (including phenoxy) is 1. The first-order chi connectivity index (χ1) is 17.3. The van der Waals surface area contributed by atoms with E-state index in [1.807, 2.05) is 6.07 Å². The van der Waals surface area contributed by atoms with Gasteiger partial charge in [-0.3, -0.25) is 19.0 Å². The van der Waals surface area contributed by atoms with Crippen molar-refractivity contribution in [3.63, 3.8) is 0 Å². The van der Waals surface area contributed by atoms with E-state index in [0.717, 1.165) is 0 Å². The molecular weight excluding hydrogens is 504 g/mol. The van der Waals surface area contributed by atoms with Gasteiger partial charge in [0, 0.05) is 29.8 Å². The van der Waals surface area contributed by atoms with Crippen LogP contribution in [0.1, 0.15) is 19.4 Å². The molecule has 12 heteroatoms. The number of halogens is 1. The van der Waals surface area contributed by atoms with Gasteiger partial charge in [0.1, 0.15) is 11.1 Å². The molecule has 5 rings (SSSR count). The Morgan fingerprint density at radius 1 is 1.22 bits per heavy atom. The Balaban J connectivity index is 1.41. The van der Waals surface area contributed by atoms with Gasteiger partial charge in [0.05, 0.1) is 30.7 Å². The van der Waals surface area contributed by atoms with E-state index in [1.54, 1.807) is 45.6 Å². The summed E-state index contributed by atoms with van der Waals surface area (Å²) < 4.78 is 8.47. The molecule has 0 radical (unpaired) electrons. The first kappa shape index (κ1) is 23.9. The number of rotatable bonds is 6. The summed E-state index contributed by atoms with van der Waals surface area (Å²) in [4.78, 5) is 42.4. The van der Waals surface area contributed by atoms with E-state index in [4.69, 9.17) is 16.3 Å². The van der Waals surface area contributed by atoms with E-state index in [9.17, 15) is 14.4 Å². The Morgan fingerprint density at radius 3 is 2.81 bits per heavy atom. The highest BCUT2D eigenvalue weighted by molar-refractivity contribution is 7.99. The molecule has 4 aromatic rings. The molecule has 1 aliphatic rings. The number of hydrogen-bond donors (Lipinski definition) is 2. The lowest BCUT2D eigenvalue weighted by Gasteiger charge is -2.15. The molecule has 0 aliphatic carbocycles. The van der Waals surface area contributed by atoms with Gasteiger partial charge in [0.25, 0.3) is 5.56 Å². The number of carbonyl (C=O) groups excluding carboxylic acids is 2. The van der Waals surface area contributed by atoms with Gasteiger partial charge in [0.15, 0.2) is 10.8 Å². The summed E-state index contributed by atoms with van der Waals surface area (Å²) in [5.74, 6) is 0.450. The minimum atomic E-state index is -0.381. The fraction of sp³-hybridized carbons (Fsp3) is 0.208. The van der Waals surface area contributed by atoms with Crippen molar-refractivity contribution in [2.45, 2.75) is 24.5 Å². The summed E-state index contributed by atoms with van der Waals surface area (Å²) in [6, 6.07) is 11.7. The van der Waals surface area contributed by atoms with Crippen molar-refractivity contribution in [3.05, 3.63) is 64.0 Å². The minimum Gasteiger partial charge on any atom is -0.495 e. The molecule has 0 fully saturated rings. The molecule has 2 amide bonds. The Labute approximate surface area is 214 Å². The number of amides is 2. The zero-order chi connectivity index (χ0) is 25.4. The third-order valence-electron chi connectivity index (χ3n) is 5.64. The molecule has 2 aromatic heterocycles. The van der Waals surface area contributed by atoms with Gasteiger partial charge in [-0.2, -0.15) is 5.10 Å². The molecule has 0 spiro atoms. The van der Waals surface area contributed by atoms with Crippen LogP contribution in [-0.2, 0) is 9.59 Å². The van der Waals surface area contributed by atoms with Crippen molar-refractivity contribution in [1.82, 2.24) is 19.3 Å². The highest BCUT2D eigenvalue weighted by Crippen LogP contribution is 2.34. The van der Waals surface area contributed by atoms with Crippen LogP contribution in [0.5, 0.6) is 5.75 Å². The quantitative estimate of drug-likeness (QED) is 0.367. The van der Waals surface area contributed by atoms with E-state index in [2.05, 4.69) is 20.7 Å². The van der Waals surface area contributed by atoms with Gasteiger partial charge in [-0.05, 0) is 36.4 Å². The van der Waals surface area contributed by atoms with Crippen molar-refractivity contribution in [1.29, 1.82) is 0 Å². The van der Waals surface area contributed by atoms with Crippen molar-refractivity contribution >= 4 is 57.6 Å². The van der Waals surface area contributed by atoms with E-state index in [1.165, 1.54) is 32.0 Å². The lowest BCUT2D eigenvalue weighted by atomic mass is 10.2. The van der Waals surface area contributed by atoms with Crippen LogP contribution in [0.15, 0.2) is 58.6 Å². The molecule has 36 heavy (non-hydrogen) atoms. The predicted molar refractivity (Wildman–Crippen MR) is 138 cm³/mol. The molecule has 0 saturated heterocycles. The lowest BCUT2D eigenvalue weighted by molar-refractivity contribution is -0.117. The van der Waals surface area contributed by atoms with Gasteiger partial charge in [-0.1, -0.05) is 29.4 Å². The Kier molecular flexibility index (Phi) is 6.42. The van der Waals surface area contributed by atoms with E-state index < -0.39 is 0 Å². The Morgan fingerprint density at radius 2 is 2.06 bits per heavy atom. The topological polar surface area (TPSA) is 120 Å². The third kappa shape index (κ3) is 4.54. The standard InChI is InChI=1S/C24H21ClN6O4S/c1-13(32)27-15-6-7-20(35-2)19(9-15)28-21(33)10-17-12-36-24-29-22-18(23(34)30(17)24)11-26-31(22)16-5-3-4-14(25)8-16/h3-9,11,17H,10,12H2,1-2H3,(H,27,32)(H,28,33). The van der Waals surface area contributed by atoms with Crippen LogP contribution in [0, 0.1) is 0 Å². The van der Waals surface area contributed by atoms with Gasteiger partial charge in [-0.15, -0.1) is 0 Å². The predicted octanol–water partition coefficient (Wildman–Crippen LogP) is 3.88. The maximum atomic E-state index is 13.4. The number of anilines is 2. The fourth-order valence-corrected chi connectivity index (χ4v) is 5.39.